The fourth-order valence-corrected chi connectivity index (χ4v) is 2.53. The Bertz CT molecular complexity index is 578. The summed E-state index contributed by atoms with van der Waals surface area (Å²) in [6.07, 6.45) is 3.44. The Morgan fingerprint density at radius 1 is 1.33 bits per heavy atom. The molecule has 0 aliphatic heterocycles. The van der Waals surface area contributed by atoms with E-state index in [1.165, 1.54) is 0 Å². The van der Waals surface area contributed by atoms with E-state index in [1.54, 1.807) is 24.3 Å². The van der Waals surface area contributed by atoms with Crippen LogP contribution in [-0.2, 0) is 11.3 Å². The first kappa shape index (κ1) is 15.6. The number of hydrogen-bond acceptors (Lipinski definition) is 2. The molecule has 0 saturated carbocycles. The number of hydrogen-bond donors (Lipinski definition) is 1. The maximum absolute atomic E-state index is 12.7. The number of amides is 1. The van der Waals surface area contributed by atoms with E-state index < -0.39 is 0 Å². The van der Waals surface area contributed by atoms with E-state index in [0.717, 1.165) is 11.4 Å². The summed E-state index contributed by atoms with van der Waals surface area (Å²) in [5, 5.41) is 0.678. The van der Waals surface area contributed by atoms with Gasteiger partial charge in [-0.05, 0) is 23.6 Å². The molecule has 21 heavy (non-hydrogen) atoms. The van der Waals surface area contributed by atoms with Gasteiger partial charge in [0, 0.05) is 24.5 Å². The van der Waals surface area contributed by atoms with Crippen LogP contribution in [0.4, 0.5) is 0 Å². The number of halogens is 1. The van der Waals surface area contributed by atoms with E-state index in [9.17, 15) is 4.79 Å². The van der Waals surface area contributed by atoms with Crippen molar-refractivity contribution in [2.75, 3.05) is 7.05 Å². The Morgan fingerprint density at radius 2 is 2.00 bits per heavy atom. The Kier molecular flexibility index (Phi) is 5.02. The van der Waals surface area contributed by atoms with Crippen molar-refractivity contribution in [3.05, 3.63) is 53.1 Å². The van der Waals surface area contributed by atoms with Crippen molar-refractivity contribution in [2.24, 2.45) is 5.92 Å². The van der Waals surface area contributed by atoms with Crippen molar-refractivity contribution in [1.29, 1.82) is 0 Å². The van der Waals surface area contributed by atoms with Gasteiger partial charge in [-0.3, -0.25) is 4.79 Å². The number of likely N-dealkylation sites (N-methyl/N-ethyl adjacent to an activating group) is 1. The Balaban J connectivity index is 2.17. The van der Waals surface area contributed by atoms with E-state index in [0.29, 0.717) is 11.6 Å². The first-order valence-corrected chi connectivity index (χ1v) is 7.35. The minimum Gasteiger partial charge on any atom is -0.347 e. The zero-order valence-corrected chi connectivity index (χ0v) is 13.3. The third kappa shape index (κ3) is 3.85. The van der Waals surface area contributed by atoms with Gasteiger partial charge in [-0.25, -0.2) is 4.98 Å². The molecule has 1 amide bonds. The molecule has 0 radical (unpaired) electrons. The molecule has 5 heteroatoms. The number of benzene rings is 1. The summed E-state index contributed by atoms with van der Waals surface area (Å²) in [4.78, 5) is 21.6. The van der Waals surface area contributed by atoms with Crippen molar-refractivity contribution < 1.29 is 4.79 Å². The van der Waals surface area contributed by atoms with Crippen molar-refractivity contribution in [3.8, 4) is 0 Å². The highest BCUT2D eigenvalue weighted by Crippen LogP contribution is 2.27. The number of aromatic amines is 1. The maximum Gasteiger partial charge on any atom is 0.230 e. The first-order chi connectivity index (χ1) is 9.99. The molecular weight excluding hydrogens is 286 g/mol. The molecule has 0 saturated heterocycles. The molecule has 2 rings (SSSR count). The molecule has 1 N–H and O–H groups in total. The van der Waals surface area contributed by atoms with Gasteiger partial charge in [0.05, 0.1) is 12.5 Å². The van der Waals surface area contributed by atoms with Crippen molar-refractivity contribution in [3.63, 3.8) is 0 Å². The monoisotopic (exact) mass is 305 g/mol. The van der Waals surface area contributed by atoms with Crippen LogP contribution in [0.25, 0.3) is 0 Å². The summed E-state index contributed by atoms with van der Waals surface area (Å²) in [5.41, 5.74) is 0.991. The zero-order chi connectivity index (χ0) is 15.4. The summed E-state index contributed by atoms with van der Waals surface area (Å²) >= 11 is 5.93. The van der Waals surface area contributed by atoms with Gasteiger partial charge in [0.15, 0.2) is 0 Å². The summed E-state index contributed by atoms with van der Waals surface area (Å²) in [7, 11) is 1.80. The molecule has 0 fully saturated rings. The van der Waals surface area contributed by atoms with Gasteiger partial charge in [0.1, 0.15) is 5.82 Å². The third-order valence-electron chi connectivity index (χ3n) is 3.48. The number of nitrogens with zero attached hydrogens (tertiary/aromatic N) is 2. The molecule has 1 atom stereocenters. The van der Waals surface area contributed by atoms with Crippen LogP contribution in [-0.4, -0.2) is 27.8 Å². The topological polar surface area (TPSA) is 49.0 Å². The number of rotatable bonds is 5. The highest BCUT2D eigenvalue weighted by atomic mass is 35.5. The number of carbonyl (C=O) groups is 1. The predicted octanol–water partition coefficient (Wildman–Crippen LogP) is 3.46. The largest absolute Gasteiger partial charge is 0.347 e. The van der Waals surface area contributed by atoms with Crippen LogP contribution in [0.5, 0.6) is 0 Å². The standard InChI is InChI=1S/C16H20ClN3O/c1-11(2)15(12-4-6-13(17)7-5-12)16(21)20(3)10-14-18-8-9-19-14/h4-9,11,15H,10H2,1-3H3,(H,18,19). The molecule has 0 spiro atoms. The average molecular weight is 306 g/mol. The summed E-state index contributed by atoms with van der Waals surface area (Å²) in [6, 6.07) is 7.50. The van der Waals surface area contributed by atoms with Gasteiger partial charge in [-0.2, -0.15) is 0 Å². The normalized spacial score (nSPS) is 12.4. The number of H-pyrrole nitrogens is 1. The van der Waals surface area contributed by atoms with Gasteiger partial charge in [-0.1, -0.05) is 37.6 Å². The SMILES string of the molecule is CC(C)C(C(=O)N(C)Cc1ncc[nH]1)c1ccc(Cl)cc1. The van der Waals surface area contributed by atoms with Crippen LogP contribution in [0.3, 0.4) is 0 Å². The highest BCUT2D eigenvalue weighted by Gasteiger charge is 2.27. The van der Waals surface area contributed by atoms with Crippen LogP contribution in [0.2, 0.25) is 5.02 Å². The van der Waals surface area contributed by atoms with Crippen LogP contribution < -0.4 is 0 Å². The summed E-state index contributed by atoms with van der Waals surface area (Å²) in [5.74, 6) is 0.896. The quantitative estimate of drug-likeness (QED) is 0.919. The number of nitrogens with one attached hydrogen (secondary N) is 1. The molecular formula is C16H20ClN3O. The van der Waals surface area contributed by atoms with Crippen LogP contribution >= 0.6 is 11.6 Å². The lowest BCUT2D eigenvalue weighted by atomic mass is 9.87. The van der Waals surface area contributed by atoms with E-state index in [-0.39, 0.29) is 17.7 Å². The molecule has 0 bridgehead atoms. The van der Waals surface area contributed by atoms with E-state index in [1.807, 2.05) is 24.3 Å². The lowest BCUT2D eigenvalue weighted by molar-refractivity contribution is -0.133. The zero-order valence-electron chi connectivity index (χ0n) is 12.5. The number of aromatic nitrogens is 2. The molecule has 1 aromatic heterocycles. The van der Waals surface area contributed by atoms with E-state index in [2.05, 4.69) is 23.8 Å². The lowest BCUT2D eigenvalue weighted by Crippen LogP contribution is -2.34. The Hall–Kier alpha value is -1.81. The van der Waals surface area contributed by atoms with Gasteiger partial charge in [0.2, 0.25) is 5.91 Å². The lowest BCUT2D eigenvalue weighted by Gasteiger charge is -2.26. The van der Waals surface area contributed by atoms with E-state index in [4.69, 9.17) is 11.6 Å². The average Bonchev–Trinajstić information content (AvgIpc) is 2.93. The van der Waals surface area contributed by atoms with Crippen molar-refractivity contribution >= 4 is 17.5 Å². The van der Waals surface area contributed by atoms with Crippen molar-refractivity contribution in [1.82, 2.24) is 14.9 Å². The smallest absolute Gasteiger partial charge is 0.230 e. The second kappa shape index (κ2) is 6.76. The maximum atomic E-state index is 12.7. The fourth-order valence-electron chi connectivity index (χ4n) is 2.41. The summed E-state index contributed by atoms with van der Waals surface area (Å²) < 4.78 is 0. The van der Waals surface area contributed by atoms with Crippen LogP contribution in [0.15, 0.2) is 36.7 Å². The molecule has 0 aliphatic rings. The molecule has 0 aliphatic carbocycles. The van der Waals surface area contributed by atoms with Gasteiger partial charge < -0.3 is 9.88 Å². The van der Waals surface area contributed by atoms with E-state index >= 15 is 0 Å². The summed E-state index contributed by atoms with van der Waals surface area (Å²) in [6.45, 7) is 4.58. The Labute approximate surface area is 130 Å². The van der Waals surface area contributed by atoms with Gasteiger partial charge in [-0.15, -0.1) is 0 Å². The first-order valence-electron chi connectivity index (χ1n) is 6.97. The molecule has 1 unspecified atom stereocenters. The van der Waals surface area contributed by atoms with Gasteiger partial charge in [0.25, 0.3) is 0 Å². The fraction of sp³-hybridized carbons (Fsp3) is 0.375. The van der Waals surface area contributed by atoms with Gasteiger partial charge >= 0.3 is 0 Å². The van der Waals surface area contributed by atoms with Crippen LogP contribution in [0, 0.1) is 5.92 Å². The predicted molar refractivity (Wildman–Crippen MR) is 84.1 cm³/mol. The molecule has 2 aromatic rings. The third-order valence-corrected chi connectivity index (χ3v) is 3.73. The molecule has 112 valence electrons. The van der Waals surface area contributed by atoms with Crippen molar-refractivity contribution in [2.45, 2.75) is 26.3 Å². The minimum atomic E-state index is -0.178. The molecule has 1 heterocycles. The van der Waals surface area contributed by atoms with Crippen LogP contribution in [0.1, 0.15) is 31.2 Å². The second-order valence-corrected chi connectivity index (χ2v) is 5.94. The number of carbonyl (C=O) groups excluding carboxylic acids is 1. The molecule has 4 nitrogen and oxygen atoms in total. The number of imidazole rings is 1. The highest BCUT2D eigenvalue weighted by molar-refractivity contribution is 6.30. The second-order valence-electron chi connectivity index (χ2n) is 5.50. The Morgan fingerprint density at radius 3 is 2.52 bits per heavy atom. The minimum absolute atomic E-state index is 0.0868. The molecule has 1 aromatic carbocycles.